The molecule has 0 aromatic heterocycles. The van der Waals surface area contributed by atoms with Gasteiger partial charge in [0.2, 0.25) is 10.0 Å². The molecular weight excluding hydrogens is 364 g/mol. The zero-order valence-electron chi connectivity index (χ0n) is 13.7. The van der Waals surface area contributed by atoms with Gasteiger partial charge in [0, 0.05) is 12.2 Å². The molecule has 0 saturated heterocycles. The van der Waals surface area contributed by atoms with Crippen molar-refractivity contribution < 1.29 is 17.9 Å². The molecule has 2 aromatic carbocycles. The fourth-order valence-electron chi connectivity index (χ4n) is 1.95. The molecule has 0 saturated carbocycles. The fraction of sp³-hybridized carbons (Fsp3) is 0.235. The monoisotopic (exact) mass is 382 g/mol. The van der Waals surface area contributed by atoms with Crippen LogP contribution < -0.4 is 14.8 Å². The van der Waals surface area contributed by atoms with Gasteiger partial charge in [-0.05, 0) is 36.8 Å². The number of hydrogen-bond donors (Lipinski definition) is 2. The molecule has 2 aromatic rings. The Morgan fingerprint density at radius 2 is 1.88 bits per heavy atom. The average molecular weight is 383 g/mol. The highest BCUT2D eigenvalue weighted by atomic mass is 35.5. The van der Waals surface area contributed by atoms with Gasteiger partial charge < -0.3 is 10.1 Å². The van der Waals surface area contributed by atoms with E-state index in [9.17, 15) is 13.2 Å². The Labute approximate surface area is 152 Å². The summed E-state index contributed by atoms with van der Waals surface area (Å²) in [6.07, 6.45) is 0.685. The number of ether oxygens (including phenoxy) is 1. The number of halogens is 1. The molecule has 0 radical (unpaired) electrons. The van der Waals surface area contributed by atoms with Gasteiger partial charge in [-0.1, -0.05) is 36.7 Å². The Morgan fingerprint density at radius 1 is 1.16 bits per heavy atom. The molecule has 0 aliphatic rings. The SMILES string of the molecule is CCCNS(=O)(=O)c1ccc(OCC(=O)Nc2ccccc2)c(Cl)c1. The van der Waals surface area contributed by atoms with E-state index in [4.69, 9.17) is 16.3 Å². The summed E-state index contributed by atoms with van der Waals surface area (Å²) >= 11 is 6.06. The molecule has 134 valence electrons. The van der Waals surface area contributed by atoms with Crippen LogP contribution in [-0.2, 0) is 14.8 Å². The second-order valence-corrected chi connectivity index (χ2v) is 7.37. The van der Waals surface area contributed by atoms with Crippen LogP contribution in [0.1, 0.15) is 13.3 Å². The summed E-state index contributed by atoms with van der Waals surface area (Å²) in [6.45, 7) is 1.97. The Hall–Kier alpha value is -2.09. The molecule has 2 N–H and O–H groups in total. The first-order chi connectivity index (χ1) is 11.9. The third-order valence-corrected chi connectivity index (χ3v) is 4.93. The number of carbonyl (C=O) groups excluding carboxylic acids is 1. The number of benzene rings is 2. The number of amides is 1. The fourth-order valence-corrected chi connectivity index (χ4v) is 3.41. The Bertz CT molecular complexity index is 826. The molecule has 25 heavy (non-hydrogen) atoms. The third-order valence-electron chi connectivity index (χ3n) is 3.17. The van der Waals surface area contributed by atoms with Gasteiger partial charge in [-0.25, -0.2) is 13.1 Å². The largest absolute Gasteiger partial charge is 0.482 e. The van der Waals surface area contributed by atoms with Crippen LogP contribution in [0.4, 0.5) is 5.69 Å². The maximum absolute atomic E-state index is 12.0. The lowest BCUT2D eigenvalue weighted by Crippen LogP contribution is -2.24. The van der Waals surface area contributed by atoms with Gasteiger partial charge in [-0.3, -0.25) is 4.79 Å². The number of para-hydroxylation sites is 1. The molecule has 0 heterocycles. The first kappa shape index (κ1) is 19.2. The van der Waals surface area contributed by atoms with Crippen LogP contribution in [0.25, 0.3) is 0 Å². The maximum atomic E-state index is 12.0. The number of hydrogen-bond acceptors (Lipinski definition) is 4. The Kier molecular flexibility index (Phi) is 6.81. The summed E-state index contributed by atoms with van der Waals surface area (Å²) in [7, 11) is -3.60. The predicted molar refractivity (Wildman–Crippen MR) is 97.5 cm³/mol. The zero-order valence-corrected chi connectivity index (χ0v) is 15.2. The normalized spacial score (nSPS) is 11.1. The Balaban J connectivity index is 1.98. The van der Waals surface area contributed by atoms with Crippen molar-refractivity contribution in [1.29, 1.82) is 0 Å². The highest BCUT2D eigenvalue weighted by Crippen LogP contribution is 2.27. The summed E-state index contributed by atoms with van der Waals surface area (Å²) < 4.78 is 31.9. The molecule has 6 nitrogen and oxygen atoms in total. The average Bonchev–Trinajstić information content (AvgIpc) is 2.59. The minimum atomic E-state index is -3.60. The highest BCUT2D eigenvalue weighted by molar-refractivity contribution is 7.89. The van der Waals surface area contributed by atoms with Crippen molar-refractivity contribution in [2.24, 2.45) is 0 Å². The molecule has 0 fully saturated rings. The first-order valence-corrected chi connectivity index (χ1v) is 9.55. The molecule has 2 rings (SSSR count). The molecule has 0 unspecified atom stereocenters. The summed E-state index contributed by atoms with van der Waals surface area (Å²) in [5.41, 5.74) is 0.658. The first-order valence-electron chi connectivity index (χ1n) is 7.69. The van der Waals surface area contributed by atoms with Gasteiger partial charge in [0.05, 0.1) is 9.92 Å². The van der Waals surface area contributed by atoms with Gasteiger partial charge >= 0.3 is 0 Å². The quantitative estimate of drug-likeness (QED) is 0.734. The number of carbonyl (C=O) groups is 1. The molecule has 0 aliphatic carbocycles. The van der Waals surface area contributed by atoms with Crippen molar-refractivity contribution in [3.8, 4) is 5.75 Å². The van der Waals surface area contributed by atoms with Crippen molar-refractivity contribution in [3.05, 3.63) is 53.6 Å². The van der Waals surface area contributed by atoms with Crippen LogP contribution in [0.2, 0.25) is 5.02 Å². The number of rotatable bonds is 8. The van der Waals surface area contributed by atoms with E-state index in [2.05, 4.69) is 10.0 Å². The molecular formula is C17H19ClN2O4S. The van der Waals surface area contributed by atoms with Crippen molar-refractivity contribution in [2.45, 2.75) is 18.2 Å². The minimum absolute atomic E-state index is 0.0482. The standard InChI is InChI=1S/C17H19ClN2O4S/c1-2-10-19-25(22,23)14-8-9-16(15(18)11-14)24-12-17(21)20-13-6-4-3-5-7-13/h3-9,11,19H,2,10,12H2,1H3,(H,20,21). The van der Waals surface area contributed by atoms with E-state index >= 15 is 0 Å². The van der Waals surface area contributed by atoms with Crippen molar-refractivity contribution in [1.82, 2.24) is 4.72 Å². The maximum Gasteiger partial charge on any atom is 0.262 e. The molecule has 0 aliphatic heterocycles. The zero-order chi connectivity index (χ0) is 18.3. The third kappa shape index (κ3) is 5.74. The lowest BCUT2D eigenvalue weighted by molar-refractivity contribution is -0.118. The van der Waals surface area contributed by atoms with Gasteiger partial charge in [0.15, 0.2) is 6.61 Å². The van der Waals surface area contributed by atoms with E-state index in [0.29, 0.717) is 18.7 Å². The number of sulfonamides is 1. The van der Waals surface area contributed by atoms with Gasteiger partial charge in [-0.2, -0.15) is 0 Å². The number of nitrogens with one attached hydrogen (secondary N) is 2. The van der Waals surface area contributed by atoms with Crippen LogP contribution in [0.5, 0.6) is 5.75 Å². The van der Waals surface area contributed by atoms with E-state index in [-0.39, 0.29) is 28.2 Å². The summed E-state index contributed by atoms with van der Waals surface area (Å²) in [5, 5.41) is 2.80. The van der Waals surface area contributed by atoms with Gasteiger partial charge in [0.25, 0.3) is 5.91 Å². The summed E-state index contributed by atoms with van der Waals surface area (Å²) in [5.74, 6) is -0.108. The van der Waals surface area contributed by atoms with Crippen molar-refractivity contribution in [2.75, 3.05) is 18.5 Å². The molecule has 0 bridgehead atoms. The summed E-state index contributed by atoms with van der Waals surface area (Å²) in [4.78, 5) is 11.9. The van der Waals surface area contributed by atoms with Crippen LogP contribution in [0, 0.1) is 0 Å². The molecule has 0 spiro atoms. The van der Waals surface area contributed by atoms with Crippen LogP contribution in [0.3, 0.4) is 0 Å². The number of anilines is 1. The molecule has 0 atom stereocenters. The van der Waals surface area contributed by atoms with Crippen LogP contribution in [-0.4, -0.2) is 27.5 Å². The van der Waals surface area contributed by atoms with Crippen LogP contribution in [0.15, 0.2) is 53.4 Å². The van der Waals surface area contributed by atoms with E-state index < -0.39 is 10.0 Å². The topological polar surface area (TPSA) is 84.5 Å². The molecule has 1 amide bonds. The predicted octanol–water partition coefficient (Wildman–Crippen LogP) is 3.05. The highest BCUT2D eigenvalue weighted by Gasteiger charge is 2.15. The van der Waals surface area contributed by atoms with Crippen molar-refractivity contribution in [3.63, 3.8) is 0 Å². The van der Waals surface area contributed by atoms with Crippen molar-refractivity contribution >= 4 is 33.2 Å². The van der Waals surface area contributed by atoms with E-state index in [1.54, 1.807) is 24.3 Å². The lowest BCUT2D eigenvalue weighted by atomic mass is 10.3. The second kappa shape index (κ2) is 8.84. The molecule has 8 heteroatoms. The van der Waals surface area contributed by atoms with E-state index in [1.807, 2.05) is 13.0 Å². The second-order valence-electron chi connectivity index (χ2n) is 5.19. The van der Waals surface area contributed by atoms with E-state index in [0.717, 1.165) is 0 Å². The van der Waals surface area contributed by atoms with Gasteiger partial charge in [0.1, 0.15) is 5.75 Å². The minimum Gasteiger partial charge on any atom is -0.482 e. The smallest absolute Gasteiger partial charge is 0.262 e. The van der Waals surface area contributed by atoms with Crippen LogP contribution >= 0.6 is 11.6 Å². The van der Waals surface area contributed by atoms with Gasteiger partial charge in [-0.15, -0.1) is 0 Å². The lowest BCUT2D eigenvalue weighted by Gasteiger charge is -2.11. The summed E-state index contributed by atoms with van der Waals surface area (Å²) in [6, 6.07) is 13.1. The Morgan fingerprint density at radius 3 is 2.52 bits per heavy atom. The van der Waals surface area contributed by atoms with E-state index in [1.165, 1.54) is 18.2 Å².